The summed E-state index contributed by atoms with van der Waals surface area (Å²) in [5.74, 6) is -0.931. The van der Waals surface area contributed by atoms with Gasteiger partial charge in [-0.1, -0.05) is 0 Å². The van der Waals surface area contributed by atoms with E-state index < -0.39 is 11.9 Å². The molecule has 0 aliphatic carbocycles. The lowest BCUT2D eigenvalue weighted by Gasteiger charge is -2.06. The molecule has 1 aromatic heterocycles. The molecule has 0 spiro atoms. The van der Waals surface area contributed by atoms with E-state index in [0.29, 0.717) is 5.82 Å². The van der Waals surface area contributed by atoms with Gasteiger partial charge in [-0.3, -0.25) is 0 Å². The smallest absolute Gasteiger partial charge is 0.347 e. The maximum atomic E-state index is 11.7. The third kappa shape index (κ3) is 4.42. The monoisotopic (exact) mass is 281 g/mol. The minimum absolute atomic E-state index is 0.181. The van der Waals surface area contributed by atoms with Gasteiger partial charge in [0.1, 0.15) is 5.82 Å². The number of aromatic nitrogens is 2. The van der Waals surface area contributed by atoms with Crippen LogP contribution in [0, 0.1) is 0 Å². The van der Waals surface area contributed by atoms with Gasteiger partial charge >= 0.3 is 11.9 Å². The minimum Gasteiger partial charge on any atom is -0.462 e. The van der Waals surface area contributed by atoms with E-state index in [-0.39, 0.29) is 18.8 Å². The molecule has 0 saturated heterocycles. The van der Waals surface area contributed by atoms with Crippen molar-refractivity contribution in [2.24, 2.45) is 0 Å². The summed E-state index contributed by atoms with van der Waals surface area (Å²) in [5, 5.41) is 2.78. The zero-order valence-corrected chi connectivity index (χ0v) is 11.9. The Morgan fingerprint density at radius 2 is 1.85 bits per heavy atom. The Morgan fingerprint density at radius 1 is 1.25 bits per heavy atom. The van der Waals surface area contributed by atoms with Gasteiger partial charge in [-0.15, -0.1) is 0 Å². The highest BCUT2D eigenvalue weighted by Gasteiger charge is 2.20. The quantitative estimate of drug-likeness (QED) is 0.351. The highest BCUT2D eigenvalue weighted by atomic mass is 16.6. The average Bonchev–Trinajstić information content (AvgIpc) is 2.87. The molecule has 0 atom stereocenters. The number of imidazole rings is 1. The van der Waals surface area contributed by atoms with Crippen molar-refractivity contribution in [2.75, 3.05) is 18.5 Å². The van der Waals surface area contributed by atoms with Crippen LogP contribution < -0.4 is 5.32 Å². The normalized spacial score (nSPS) is 9.75. The van der Waals surface area contributed by atoms with Crippen LogP contribution in [0.2, 0.25) is 0 Å². The molecule has 0 aromatic carbocycles. The van der Waals surface area contributed by atoms with Gasteiger partial charge in [0.2, 0.25) is 0 Å². The predicted octanol–water partition coefficient (Wildman–Crippen LogP) is 1.32. The number of carbonyl (C=O) groups excluding carboxylic acids is 2. The number of esters is 2. The molecule has 0 amide bonds. The standard InChI is InChI=1S/C13H19N3O4/c1-4-16-8-11(15-9-16)14-7-10(12(17)19-5-2)13(18)20-6-3/h7-9,14H,4-6H2,1-3H3. The number of ether oxygens (including phenoxy) is 2. The van der Waals surface area contributed by atoms with Crippen LogP contribution in [-0.4, -0.2) is 34.7 Å². The fraction of sp³-hybridized carbons (Fsp3) is 0.462. The van der Waals surface area contributed by atoms with Crippen molar-refractivity contribution in [2.45, 2.75) is 27.3 Å². The summed E-state index contributed by atoms with van der Waals surface area (Å²) in [4.78, 5) is 27.4. The Bertz CT molecular complexity index is 474. The van der Waals surface area contributed by atoms with Crippen LogP contribution in [0.4, 0.5) is 5.82 Å². The van der Waals surface area contributed by atoms with E-state index in [1.807, 2.05) is 11.5 Å². The summed E-state index contributed by atoms with van der Waals surface area (Å²) in [6.07, 6.45) is 4.65. The van der Waals surface area contributed by atoms with Crippen molar-refractivity contribution in [1.29, 1.82) is 0 Å². The van der Waals surface area contributed by atoms with E-state index in [4.69, 9.17) is 9.47 Å². The molecule has 1 aromatic rings. The second kappa shape index (κ2) is 7.98. The zero-order chi connectivity index (χ0) is 15.0. The maximum Gasteiger partial charge on any atom is 0.347 e. The molecule has 20 heavy (non-hydrogen) atoms. The summed E-state index contributed by atoms with van der Waals surface area (Å²) in [7, 11) is 0. The van der Waals surface area contributed by atoms with Crippen LogP contribution in [0.1, 0.15) is 20.8 Å². The van der Waals surface area contributed by atoms with E-state index in [9.17, 15) is 9.59 Å². The van der Waals surface area contributed by atoms with Gasteiger partial charge in [-0.05, 0) is 20.8 Å². The van der Waals surface area contributed by atoms with Crippen LogP contribution >= 0.6 is 0 Å². The summed E-state index contributed by atoms with van der Waals surface area (Å²) in [5.41, 5.74) is -0.195. The highest BCUT2D eigenvalue weighted by molar-refractivity contribution is 6.14. The van der Waals surface area contributed by atoms with Crippen molar-refractivity contribution in [3.63, 3.8) is 0 Å². The van der Waals surface area contributed by atoms with Gasteiger partial charge in [-0.2, -0.15) is 0 Å². The Balaban J connectivity index is 2.83. The van der Waals surface area contributed by atoms with E-state index >= 15 is 0 Å². The summed E-state index contributed by atoms with van der Waals surface area (Å²) >= 11 is 0. The lowest BCUT2D eigenvalue weighted by atomic mass is 10.3. The molecule has 0 unspecified atom stereocenters. The molecule has 7 heteroatoms. The van der Waals surface area contributed by atoms with Gasteiger partial charge in [0.05, 0.1) is 19.5 Å². The molecule has 0 aliphatic rings. The lowest BCUT2D eigenvalue weighted by Crippen LogP contribution is -2.19. The number of rotatable bonds is 7. The van der Waals surface area contributed by atoms with Crippen LogP contribution in [0.25, 0.3) is 0 Å². The summed E-state index contributed by atoms with van der Waals surface area (Å²) in [6, 6.07) is 0. The number of aryl methyl sites for hydroxylation is 1. The largest absolute Gasteiger partial charge is 0.462 e. The van der Waals surface area contributed by atoms with Crippen LogP contribution in [0.3, 0.4) is 0 Å². The first kappa shape index (κ1) is 15.7. The molecule has 0 bridgehead atoms. The van der Waals surface area contributed by atoms with Gasteiger partial charge < -0.3 is 19.4 Å². The molecule has 1 rings (SSSR count). The fourth-order valence-electron chi connectivity index (χ4n) is 1.37. The predicted molar refractivity (Wildman–Crippen MR) is 72.9 cm³/mol. The van der Waals surface area contributed by atoms with Crippen LogP contribution in [0.15, 0.2) is 24.3 Å². The first-order valence-electron chi connectivity index (χ1n) is 6.45. The number of carbonyl (C=O) groups is 2. The molecule has 0 radical (unpaired) electrons. The summed E-state index contributed by atoms with van der Waals surface area (Å²) in [6.45, 7) is 6.44. The molecular weight excluding hydrogens is 262 g/mol. The topological polar surface area (TPSA) is 82.5 Å². The Kier molecular flexibility index (Phi) is 6.28. The van der Waals surface area contributed by atoms with Crippen LogP contribution in [0.5, 0.6) is 0 Å². The second-order valence-electron chi connectivity index (χ2n) is 3.73. The van der Waals surface area contributed by atoms with Crippen molar-refractivity contribution < 1.29 is 19.1 Å². The van der Waals surface area contributed by atoms with Gasteiger partial charge in [0.15, 0.2) is 5.57 Å². The van der Waals surface area contributed by atoms with Crippen molar-refractivity contribution in [3.8, 4) is 0 Å². The van der Waals surface area contributed by atoms with Crippen molar-refractivity contribution >= 4 is 17.8 Å². The first-order chi connectivity index (χ1) is 9.62. The average molecular weight is 281 g/mol. The molecule has 1 N–H and O–H groups in total. The lowest BCUT2D eigenvalue weighted by molar-refractivity contribution is -0.146. The number of anilines is 1. The number of hydrogen-bond acceptors (Lipinski definition) is 6. The zero-order valence-electron chi connectivity index (χ0n) is 11.9. The van der Waals surface area contributed by atoms with Gasteiger partial charge in [0, 0.05) is 18.9 Å². The third-order valence-corrected chi connectivity index (χ3v) is 2.35. The van der Waals surface area contributed by atoms with E-state index in [1.165, 1.54) is 6.20 Å². The van der Waals surface area contributed by atoms with Crippen LogP contribution in [-0.2, 0) is 25.6 Å². The maximum absolute atomic E-state index is 11.7. The second-order valence-corrected chi connectivity index (χ2v) is 3.73. The number of hydrogen-bond donors (Lipinski definition) is 1. The molecule has 0 saturated carbocycles. The fourth-order valence-corrected chi connectivity index (χ4v) is 1.37. The number of nitrogens with zero attached hydrogens (tertiary/aromatic N) is 2. The number of nitrogens with one attached hydrogen (secondary N) is 1. The molecule has 1 heterocycles. The van der Waals surface area contributed by atoms with E-state index in [1.54, 1.807) is 26.4 Å². The Labute approximate surface area is 117 Å². The van der Waals surface area contributed by atoms with E-state index in [2.05, 4.69) is 10.3 Å². The van der Waals surface area contributed by atoms with Crippen molar-refractivity contribution in [1.82, 2.24) is 9.55 Å². The molecule has 110 valence electrons. The first-order valence-corrected chi connectivity index (χ1v) is 6.45. The highest BCUT2D eigenvalue weighted by Crippen LogP contribution is 2.06. The SMILES string of the molecule is CCOC(=O)C(=CNc1cn(CC)cn1)C(=O)OCC. The molecule has 0 fully saturated rings. The van der Waals surface area contributed by atoms with Gasteiger partial charge in [0.25, 0.3) is 0 Å². The Morgan fingerprint density at radius 3 is 2.30 bits per heavy atom. The third-order valence-electron chi connectivity index (χ3n) is 2.35. The van der Waals surface area contributed by atoms with E-state index in [0.717, 1.165) is 6.54 Å². The molecular formula is C13H19N3O4. The Hall–Kier alpha value is -2.31. The molecule has 0 aliphatic heterocycles. The van der Waals surface area contributed by atoms with Gasteiger partial charge in [-0.25, -0.2) is 14.6 Å². The molecule has 7 nitrogen and oxygen atoms in total. The van der Waals surface area contributed by atoms with Crippen molar-refractivity contribution in [3.05, 3.63) is 24.3 Å². The summed E-state index contributed by atoms with van der Waals surface area (Å²) < 4.78 is 11.5. The minimum atomic E-state index is -0.728.